The minimum absolute atomic E-state index is 1.08. The Hall–Kier alpha value is -1.30. The lowest BCUT2D eigenvalue weighted by atomic mass is 10.0. The summed E-state index contributed by atoms with van der Waals surface area (Å²) < 4.78 is 0. The minimum atomic E-state index is 1.08. The van der Waals surface area contributed by atoms with Gasteiger partial charge in [-0.05, 0) is 30.9 Å². The highest BCUT2D eigenvalue weighted by Crippen LogP contribution is 2.18. The van der Waals surface area contributed by atoms with Gasteiger partial charge in [0.05, 0.1) is 0 Å². The minimum Gasteiger partial charge on any atom is -0.0769 e. The molecule has 0 nitrogen and oxygen atoms in total. The maximum atomic E-state index is 2.29. The van der Waals surface area contributed by atoms with Gasteiger partial charge in [0.1, 0.15) is 0 Å². The second-order valence-electron chi connectivity index (χ2n) is 3.78. The van der Waals surface area contributed by atoms with Gasteiger partial charge in [-0.2, -0.15) is 0 Å². The van der Waals surface area contributed by atoms with Crippen molar-refractivity contribution in [2.24, 2.45) is 0 Å². The highest BCUT2D eigenvalue weighted by atomic mass is 14.0. The molecule has 0 aliphatic rings. The Bertz CT molecular complexity index is 342. The van der Waals surface area contributed by atoms with Gasteiger partial charge in [0.2, 0.25) is 0 Å². The number of hydrogen-bond acceptors (Lipinski definition) is 0. The van der Waals surface area contributed by atoms with Gasteiger partial charge in [0.15, 0.2) is 0 Å². The zero-order chi connectivity index (χ0) is 11.1. The molecule has 0 heterocycles. The third-order valence-electron chi connectivity index (χ3n) is 2.49. The van der Waals surface area contributed by atoms with Crippen LogP contribution in [0.3, 0.4) is 0 Å². The van der Waals surface area contributed by atoms with Crippen LogP contribution < -0.4 is 0 Å². The average Bonchev–Trinajstić information content (AvgIpc) is 2.29. The normalized spacial score (nSPS) is 13.0. The van der Waals surface area contributed by atoms with Gasteiger partial charge in [-0.15, -0.1) is 0 Å². The van der Waals surface area contributed by atoms with Crippen LogP contribution in [0.2, 0.25) is 0 Å². The fraction of sp³-hybridized carbons (Fsp3) is 0.333. The highest BCUT2D eigenvalue weighted by Gasteiger charge is 1.96. The predicted molar refractivity (Wildman–Crippen MR) is 68.8 cm³/mol. The van der Waals surface area contributed by atoms with Crippen LogP contribution in [0.1, 0.15) is 39.2 Å². The Balaban J connectivity index is 3.00. The predicted octanol–water partition coefficient (Wildman–Crippen LogP) is 4.84. The van der Waals surface area contributed by atoms with Crippen LogP contribution >= 0.6 is 0 Å². The molecule has 0 atom stereocenters. The third-order valence-corrected chi connectivity index (χ3v) is 2.49. The van der Waals surface area contributed by atoms with Gasteiger partial charge in [-0.1, -0.05) is 61.9 Å². The smallest absolute Gasteiger partial charge is 0.0187 e. The maximum Gasteiger partial charge on any atom is -0.0187 e. The second-order valence-corrected chi connectivity index (χ2v) is 3.78. The lowest BCUT2D eigenvalue weighted by Gasteiger charge is -2.04. The molecular formula is C15H20. The van der Waals surface area contributed by atoms with E-state index in [4.69, 9.17) is 0 Å². The van der Waals surface area contributed by atoms with E-state index in [2.05, 4.69) is 63.3 Å². The van der Waals surface area contributed by atoms with E-state index in [1.807, 2.05) is 0 Å². The average molecular weight is 200 g/mol. The molecule has 80 valence electrons. The zero-order valence-electron chi connectivity index (χ0n) is 9.96. The Morgan fingerprint density at radius 3 is 2.33 bits per heavy atom. The van der Waals surface area contributed by atoms with Crippen molar-refractivity contribution >= 4 is 5.57 Å². The molecule has 15 heavy (non-hydrogen) atoms. The van der Waals surface area contributed by atoms with Crippen molar-refractivity contribution in [1.82, 2.24) is 0 Å². The van der Waals surface area contributed by atoms with Gasteiger partial charge in [-0.25, -0.2) is 0 Å². The summed E-state index contributed by atoms with van der Waals surface area (Å²) >= 11 is 0. The first-order valence-electron chi connectivity index (χ1n) is 5.70. The standard InChI is InChI=1S/C15H20/c1-4-9-15(12-13(3)5-2)14-10-7-6-8-11-14/h6-12H,4-5H2,1-3H3/b13-12-,15-9+. The summed E-state index contributed by atoms with van der Waals surface area (Å²) in [5.41, 5.74) is 4.09. The van der Waals surface area contributed by atoms with Gasteiger partial charge < -0.3 is 0 Å². The highest BCUT2D eigenvalue weighted by molar-refractivity contribution is 5.74. The molecule has 0 spiro atoms. The second kappa shape index (κ2) is 6.23. The Kier molecular flexibility index (Phi) is 4.89. The van der Waals surface area contributed by atoms with Crippen molar-refractivity contribution in [1.29, 1.82) is 0 Å². The largest absolute Gasteiger partial charge is 0.0769 e. The molecule has 0 aliphatic carbocycles. The van der Waals surface area contributed by atoms with E-state index in [9.17, 15) is 0 Å². The molecular weight excluding hydrogens is 180 g/mol. The Morgan fingerprint density at radius 2 is 1.80 bits per heavy atom. The molecule has 0 radical (unpaired) electrons. The fourth-order valence-corrected chi connectivity index (χ4v) is 1.48. The van der Waals surface area contributed by atoms with Crippen molar-refractivity contribution < 1.29 is 0 Å². The first-order chi connectivity index (χ1) is 7.27. The molecule has 0 aromatic heterocycles. The van der Waals surface area contributed by atoms with Gasteiger partial charge in [-0.3, -0.25) is 0 Å². The molecule has 1 rings (SSSR count). The fourth-order valence-electron chi connectivity index (χ4n) is 1.48. The quantitative estimate of drug-likeness (QED) is 0.610. The van der Waals surface area contributed by atoms with Crippen LogP contribution in [0.25, 0.3) is 5.57 Å². The van der Waals surface area contributed by atoms with E-state index in [1.54, 1.807) is 0 Å². The van der Waals surface area contributed by atoms with E-state index >= 15 is 0 Å². The van der Waals surface area contributed by atoms with Crippen LogP contribution in [0, 0.1) is 0 Å². The molecule has 0 fully saturated rings. The number of rotatable bonds is 4. The van der Waals surface area contributed by atoms with Gasteiger partial charge in [0, 0.05) is 0 Å². The van der Waals surface area contributed by atoms with Crippen molar-refractivity contribution in [3.8, 4) is 0 Å². The third kappa shape index (κ3) is 3.75. The van der Waals surface area contributed by atoms with E-state index < -0.39 is 0 Å². The lowest BCUT2D eigenvalue weighted by molar-refractivity contribution is 1.10. The van der Waals surface area contributed by atoms with Crippen molar-refractivity contribution in [3.05, 3.63) is 53.6 Å². The number of hydrogen-bond donors (Lipinski definition) is 0. The molecule has 0 saturated carbocycles. The summed E-state index contributed by atoms with van der Waals surface area (Å²) in [5, 5.41) is 0. The summed E-state index contributed by atoms with van der Waals surface area (Å²) in [6, 6.07) is 10.6. The molecule has 1 aromatic rings. The molecule has 0 saturated heterocycles. The zero-order valence-corrected chi connectivity index (χ0v) is 9.96. The topological polar surface area (TPSA) is 0 Å². The van der Waals surface area contributed by atoms with Gasteiger partial charge in [0.25, 0.3) is 0 Å². The van der Waals surface area contributed by atoms with Crippen LogP contribution in [0.4, 0.5) is 0 Å². The molecule has 0 bridgehead atoms. The van der Waals surface area contributed by atoms with Crippen LogP contribution in [0.5, 0.6) is 0 Å². The van der Waals surface area contributed by atoms with Gasteiger partial charge >= 0.3 is 0 Å². The van der Waals surface area contributed by atoms with E-state index in [-0.39, 0.29) is 0 Å². The Labute approximate surface area is 93.3 Å². The van der Waals surface area contributed by atoms with E-state index in [0.29, 0.717) is 0 Å². The molecule has 1 aromatic carbocycles. The van der Waals surface area contributed by atoms with Crippen LogP contribution in [-0.4, -0.2) is 0 Å². The van der Waals surface area contributed by atoms with Crippen LogP contribution in [-0.2, 0) is 0 Å². The summed E-state index contributed by atoms with van der Waals surface area (Å²) in [5.74, 6) is 0. The summed E-state index contributed by atoms with van der Waals surface area (Å²) in [4.78, 5) is 0. The maximum absolute atomic E-state index is 2.29. The lowest BCUT2D eigenvalue weighted by Crippen LogP contribution is -1.82. The Morgan fingerprint density at radius 1 is 1.13 bits per heavy atom. The van der Waals surface area contributed by atoms with E-state index in [0.717, 1.165) is 12.8 Å². The molecule has 0 aliphatic heterocycles. The monoisotopic (exact) mass is 200 g/mol. The summed E-state index contributed by atoms with van der Waals surface area (Å²) in [6.45, 7) is 6.56. The number of benzene rings is 1. The SMILES string of the molecule is CC/C=C(\C=C(\C)CC)c1ccccc1. The molecule has 0 heteroatoms. The number of allylic oxidation sites excluding steroid dienone is 4. The summed E-state index contributed by atoms with van der Waals surface area (Å²) in [7, 11) is 0. The van der Waals surface area contributed by atoms with Crippen molar-refractivity contribution in [3.63, 3.8) is 0 Å². The van der Waals surface area contributed by atoms with Crippen molar-refractivity contribution in [2.75, 3.05) is 0 Å². The first-order valence-corrected chi connectivity index (χ1v) is 5.70. The molecule has 0 unspecified atom stereocenters. The summed E-state index contributed by atoms with van der Waals surface area (Å²) in [6.07, 6.45) is 6.78. The molecule has 0 amide bonds. The van der Waals surface area contributed by atoms with E-state index in [1.165, 1.54) is 16.7 Å². The molecule has 0 N–H and O–H groups in total. The first kappa shape index (κ1) is 11.8. The van der Waals surface area contributed by atoms with Crippen LogP contribution in [0.15, 0.2) is 48.1 Å². The van der Waals surface area contributed by atoms with Crippen molar-refractivity contribution in [2.45, 2.75) is 33.6 Å².